The second kappa shape index (κ2) is 11.9. The molecule has 12 rings (SSSR count). The summed E-state index contributed by atoms with van der Waals surface area (Å²) in [6.07, 6.45) is 0. The van der Waals surface area contributed by atoms with E-state index in [1.165, 1.54) is 5.39 Å². The molecule has 6 nitrogen and oxygen atoms in total. The summed E-state index contributed by atoms with van der Waals surface area (Å²) in [4.78, 5) is 0. The van der Waals surface area contributed by atoms with Gasteiger partial charge in [0.05, 0.1) is 39.1 Å². The highest BCUT2D eigenvalue weighted by molar-refractivity contribution is 6.22. The van der Waals surface area contributed by atoms with Crippen LogP contribution in [0.1, 0.15) is 0 Å². The Kier molecular flexibility index (Phi) is 6.53. The normalized spacial score (nSPS) is 11.9. The summed E-state index contributed by atoms with van der Waals surface area (Å²) in [5.41, 5.74) is 13.0. The van der Waals surface area contributed by atoms with E-state index in [1.54, 1.807) is 0 Å². The monoisotopic (exact) mass is 717 g/mol. The zero-order valence-corrected chi connectivity index (χ0v) is 30.0. The Hall–Kier alpha value is -7.70. The first-order valence-corrected chi connectivity index (χ1v) is 18.9. The van der Waals surface area contributed by atoms with Gasteiger partial charge in [0.2, 0.25) is 0 Å². The van der Waals surface area contributed by atoms with E-state index in [2.05, 4.69) is 167 Å². The topological polar surface area (TPSA) is 53.7 Å². The summed E-state index contributed by atoms with van der Waals surface area (Å²) in [7, 11) is 0. The zero-order valence-electron chi connectivity index (χ0n) is 30.0. The molecule has 0 aliphatic rings. The lowest BCUT2D eigenvalue weighted by Gasteiger charge is -2.17. The fourth-order valence-corrected chi connectivity index (χ4v) is 8.86. The smallest absolute Gasteiger partial charge is 0.160 e. The summed E-state index contributed by atoms with van der Waals surface area (Å²) < 4.78 is 13.6. The molecular formula is C50H31N5O. The van der Waals surface area contributed by atoms with Crippen LogP contribution in [0.4, 0.5) is 0 Å². The van der Waals surface area contributed by atoms with Gasteiger partial charge in [-0.2, -0.15) is 0 Å². The Bertz CT molecular complexity index is 3480. The lowest BCUT2D eigenvalue weighted by atomic mass is 10.0. The minimum absolute atomic E-state index is 0.839. The molecule has 0 saturated heterocycles. The van der Waals surface area contributed by atoms with Crippen molar-refractivity contribution in [2.45, 2.75) is 0 Å². The Morgan fingerprint density at radius 1 is 0.393 bits per heavy atom. The van der Waals surface area contributed by atoms with Gasteiger partial charge in [0, 0.05) is 43.4 Å². The standard InChI is InChI=1S/C50H31N5O/c1-3-16-32(17-4-1)47-48(33-18-5-2-6-19-33)55(52-51-47)44-28-15-27-43-46(44)38-22-8-11-24-40(38)53(43)41-25-12-13-26-42(41)54-39-23-10-7-20-34(39)36-30-31-37-35-21-9-14-29-45(35)56-50(37)49(36)54/h1-31H. The van der Waals surface area contributed by atoms with Crippen molar-refractivity contribution in [3.8, 4) is 39.6 Å². The summed E-state index contributed by atoms with van der Waals surface area (Å²) in [6, 6.07) is 66.1. The van der Waals surface area contributed by atoms with E-state index in [0.717, 1.165) is 99.7 Å². The maximum atomic E-state index is 6.73. The summed E-state index contributed by atoms with van der Waals surface area (Å²) >= 11 is 0. The molecule has 0 atom stereocenters. The number of para-hydroxylation sites is 5. The highest BCUT2D eigenvalue weighted by Crippen LogP contribution is 2.44. The van der Waals surface area contributed by atoms with E-state index in [0.29, 0.717) is 0 Å². The molecule has 6 heteroatoms. The van der Waals surface area contributed by atoms with Gasteiger partial charge in [0.1, 0.15) is 17.0 Å². The van der Waals surface area contributed by atoms with E-state index in [9.17, 15) is 0 Å². The first-order chi connectivity index (χ1) is 27.8. The van der Waals surface area contributed by atoms with Gasteiger partial charge in [-0.3, -0.25) is 0 Å². The van der Waals surface area contributed by atoms with Gasteiger partial charge in [-0.1, -0.05) is 145 Å². The van der Waals surface area contributed by atoms with Crippen LogP contribution in [0.15, 0.2) is 192 Å². The molecule has 0 saturated carbocycles. The van der Waals surface area contributed by atoms with Gasteiger partial charge >= 0.3 is 0 Å². The second-order valence-corrected chi connectivity index (χ2v) is 14.2. The molecule has 0 spiro atoms. The Labute approximate surface area is 320 Å². The van der Waals surface area contributed by atoms with E-state index >= 15 is 0 Å². The fourth-order valence-electron chi connectivity index (χ4n) is 8.86. The highest BCUT2D eigenvalue weighted by Gasteiger charge is 2.25. The number of nitrogens with zero attached hydrogens (tertiary/aromatic N) is 5. The Morgan fingerprint density at radius 2 is 0.964 bits per heavy atom. The van der Waals surface area contributed by atoms with Crippen LogP contribution in [0.2, 0.25) is 0 Å². The van der Waals surface area contributed by atoms with Crippen LogP contribution in [0.5, 0.6) is 0 Å². The number of hydrogen-bond acceptors (Lipinski definition) is 3. The number of furan rings is 1. The van der Waals surface area contributed by atoms with Crippen molar-refractivity contribution in [1.82, 2.24) is 24.1 Å². The molecule has 262 valence electrons. The van der Waals surface area contributed by atoms with Crippen molar-refractivity contribution in [3.05, 3.63) is 188 Å². The largest absolute Gasteiger partial charge is 0.454 e. The summed E-state index contributed by atoms with van der Waals surface area (Å²) in [5, 5.41) is 16.5. The van der Waals surface area contributed by atoms with Crippen molar-refractivity contribution in [2.24, 2.45) is 0 Å². The van der Waals surface area contributed by atoms with E-state index in [-0.39, 0.29) is 0 Å². The molecule has 0 bridgehead atoms. The first kappa shape index (κ1) is 30.7. The number of benzene rings is 8. The van der Waals surface area contributed by atoms with Crippen molar-refractivity contribution in [1.29, 1.82) is 0 Å². The van der Waals surface area contributed by atoms with Gasteiger partial charge < -0.3 is 13.6 Å². The molecular weight excluding hydrogens is 687 g/mol. The average molecular weight is 718 g/mol. The number of fused-ring (bicyclic) bond motifs is 10. The van der Waals surface area contributed by atoms with Crippen LogP contribution in [0, 0.1) is 0 Å². The zero-order chi connectivity index (χ0) is 36.7. The summed E-state index contributed by atoms with van der Waals surface area (Å²) in [5.74, 6) is 0. The van der Waals surface area contributed by atoms with E-state index in [4.69, 9.17) is 14.7 Å². The molecule has 0 aliphatic heterocycles. The summed E-state index contributed by atoms with van der Waals surface area (Å²) in [6.45, 7) is 0. The number of hydrogen-bond donors (Lipinski definition) is 0. The third kappa shape index (κ3) is 4.32. The molecule has 4 aromatic heterocycles. The molecule has 56 heavy (non-hydrogen) atoms. The van der Waals surface area contributed by atoms with Crippen molar-refractivity contribution < 1.29 is 4.42 Å². The van der Waals surface area contributed by atoms with E-state index in [1.807, 2.05) is 35.0 Å². The van der Waals surface area contributed by atoms with Crippen LogP contribution in [-0.4, -0.2) is 24.1 Å². The van der Waals surface area contributed by atoms with Gasteiger partial charge in [-0.25, -0.2) is 4.68 Å². The minimum atomic E-state index is 0.839. The first-order valence-electron chi connectivity index (χ1n) is 18.9. The lowest BCUT2D eigenvalue weighted by Crippen LogP contribution is -2.04. The fraction of sp³-hybridized carbons (Fsp3) is 0. The quantitative estimate of drug-likeness (QED) is 0.178. The molecule has 0 amide bonds. The van der Waals surface area contributed by atoms with Crippen LogP contribution < -0.4 is 0 Å². The molecule has 0 aliphatic carbocycles. The van der Waals surface area contributed by atoms with Gasteiger partial charge in [-0.05, 0) is 48.5 Å². The Morgan fingerprint density at radius 3 is 1.75 bits per heavy atom. The van der Waals surface area contributed by atoms with Gasteiger partial charge in [0.15, 0.2) is 5.58 Å². The predicted octanol–water partition coefficient (Wildman–Crippen LogP) is 12.7. The Balaban J connectivity index is 1.17. The SMILES string of the molecule is c1ccc(-c2nnn(-c3cccc4c3c3ccccc3n4-c3ccccc3-n3c4ccccc4c4ccc5c6ccccc6oc5c43)c2-c2ccccc2)cc1. The van der Waals surface area contributed by atoms with E-state index < -0.39 is 0 Å². The maximum Gasteiger partial charge on any atom is 0.160 e. The lowest BCUT2D eigenvalue weighted by molar-refractivity contribution is 0.671. The van der Waals surface area contributed by atoms with Crippen LogP contribution >= 0.6 is 0 Å². The van der Waals surface area contributed by atoms with Crippen LogP contribution in [-0.2, 0) is 0 Å². The third-order valence-corrected chi connectivity index (χ3v) is 11.2. The molecule has 4 heterocycles. The molecule has 0 N–H and O–H groups in total. The molecule has 0 radical (unpaired) electrons. The molecule has 0 fully saturated rings. The number of aromatic nitrogens is 5. The maximum absolute atomic E-state index is 6.73. The van der Waals surface area contributed by atoms with Gasteiger partial charge in [0.25, 0.3) is 0 Å². The van der Waals surface area contributed by atoms with Crippen LogP contribution in [0.3, 0.4) is 0 Å². The highest BCUT2D eigenvalue weighted by atomic mass is 16.3. The van der Waals surface area contributed by atoms with Crippen molar-refractivity contribution in [3.63, 3.8) is 0 Å². The van der Waals surface area contributed by atoms with Crippen molar-refractivity contribution >= 4 is 65.6 Å². The predicted molar refractivity (Wildman–Crippen MR) is 228 cm³/mol. The second-order valence-electron chi connectivity index (χ2n) is 14.2. The molecule has 8 aromatic carbocycles. The minimum Gasteiger partial charge on any atom is -0.454 e. The number of rotatable bonds is 5. The van der Waals surface area contributed by atoms with Crippen LogP contribution in [0.25, 0.3) is 105 Å². The molecule has 0 unspecified atom stereocenters. The third-order valence-electron chi connectivity index (χ3n) is 11.2. The average Bonchev–Trinajstić information content (AvgIpc) is 4.04. The van der Waals surface area contributed by atoms with Crippen molar-refractivity contribution in [2.75, 3.05) is 0 Å². The molecule has 12 aromatic rings. The van der Waals surface area contributed by atoms with Gasteiger partial charge in [-0.15, -0.1) is 5.10 Å².